The van der Waals surface area contributed by atoms with Gasteiger partial charge < -0.3 is 4.98 Å². The van der Waals surface area contributed by atoms with Crippen molar-refractivity contribution in [3.63, 3.8) is 0 Å². The molecule has 1 fully saturated rings. The topological polar surface area (TPSA) is 53.2 Å². The quantitative estimate of drug-likeness (QED) is 0.495. The summed E-state index contributed by atoms with van der Waals surface area (Å²) in [5.41, 5.74) is 1.67. The molecule has 2 aromatic carbocycles. The molecule has 1 N–H and O–H groups in total. The molecule has 1 aromatic heterocycles. The van der Waals surface area contributed by atoms with Gasteiger partial charge in [0.25, 0.3) is 0 Å². The highest BCUT2D eigenvalue weighted by Gasteiger charge is 2.56. The average Bonchev–Trinajstić information content (AvgIpc) is 3.18. The van der Waals surface area contributed by atoms with Crippen LogP contribution in [-0.4, -0.2) is 22.0 Å². The van der Waals surface area contributed by atoms with Crippen LogP contribution < -0.4 is 4.90 Å². The first kappa shape index (κ1) is 16.9. The summed E-state index contributed by atoms with van der Waals surface area (Å²) in [5, 5.41) is 0.465. The summed E-state index contributed by atoms with van der Waals surface area (Å²) in [6.07, 6.45) is 0. The summed E-state index contributed by atoms with van der Waals surface area (Å²) in [6, 6.07) is 19.1. The van der Waals surface area contributed by atoms with Gasteiger partial charge in [0, 0.05) is 10.8 Å². The molecule has 134 valence electrons. The number of hydrogen-bond donors (Lipinski definition) is 1. The van der Waals surface area contributed by atoms with Gasteiger partial charge >= 0.3 is 0 Å². The summed E-state index contributed by atoms with van der Waals surface area (Å²) >= 11 is 8.28. The third-order valence-electron chi connectivity index (χ3n) is 5.00. The van der Waals surface area contributed by atoms with Gasteiger partial charge in [-0.3, -0.25) is 9.59 Å². The monoisotopic (exact) mass is 410 g/mol. The molecule has 2 amide bonds. The normalized spacial score (nSPS) is 24.0. The van der Waals surface area contributed by atoms with Gasteiger partial charge in [-0.15, -0.1) is 11.3 Å². The smallest absolute Gasteiger partial charge is 0.248 e. The Labute approximate surface area is 169 Å². The van der Waals surface area contributed by atoms with Crippen molar-refractivity contribution in [2.45, 2.75) is 16.2 Å². The maximum atomic E-state index is 13.4. The Hall–Kier alpha value is -2.22. The number of nitrogens with zero attached hydrogens (tertiary/aromatic N) is 1. The molecule has 27 heavy (non-hydrogen) atoms. The van der Waals surface area contributed by atoms with Crippen LogP contribution in [0.2, 0.25) is 0 Å². The Morgan fingerprint density at radius 1 is 0.926 bits per heavy atom. The fourth-order valence-electron chi connectivity index (χ4n) is 3.87. The molecule has 2 aliphatic rings. The first-order valence-electron chi connectivity index (χ1n) is 8.52. The number of carbonyl (C=O) groups excluding carboxylic acids is 2. The molecule has 0 bridgehead atoms. The zero-order valence-corrected chi connectivity index (χ0v) is 16.4. The number of fused-ring (bicyclic) bond motifs is 2. The summed E-state index contributed by atoms with van der Waals surface area (Å²) in [5.74, 6) is -0.893. The summed E-state index contributed by atoms with van der Waals surface area (Å²) in [4.78, 5) is 32.2. The van der Waals surface area contributed by atoms with Crippen molar-refractivity contribution in [3.8, 4) is 0 Å². The Bertz CT molecular complexity index is 1090. The van der Waals surface area contributed by atoms with Gasteiger partial charge in [0.2, 0.25) is 11.8 Å². The number of aromatic nitrogens is 1. The number of aromatic amines is 1. The van der Waals surface area contributed by atoms with Gasteiger partial charge in [0.05, 0.1) is 16.6 Å². The van der Waals surface area contributed by atoms with Crippen molar-refractivity contribution in [2.24, 2.45) is 5.92 Å². The van der Waals surface area contributed by atoms with Crippen LogP contribution in [-0.2, 0) is 9.59 Å². The minimum Gasteiger partial charge on any atom is -0.332 e. The van der Waals surface area contributed by atoms with Crippen molar-refractivity contribution in [3.05, 3.63) is 75.1 Å². The molecule has 3 heterocycles. The molecule has 0 radical (unpaired) electrons. The number of carbonyl (C=O) groups is 2. The van der Waals surface area contributed by atoms with Crippen molar-refractivity contribution >= 4 is 52.8 Å². The van der Waals surface area contributed by atoms with E-state index in [4.69, 9.17) is 12.2 Å². The van der Waals surface area contributed by atoms with E-state index in [0.717, 1.165) is 15.5 Å². The number of imide groups is 1. The van der Waals surface area contributed by atoms with Crippen LogP contribution in [0.15, 0.2) is 65.7 Å². The Morgan fingerprint density at radius 3 is 2.30 bits per heavy atom. The third kappa shape index (κ3) is 2.61. The Balaban J connectivity index is 1.67. The number of H-pyrrole nitrogens is 1. The Morgan fingerprint density at radius 2 is 1.59 bits per heavy atom. The van der Waals surface area contributed by atoms with E-state index < -0.39 is 11.2 Å². The predicted molar refractivity (Wildman–Crippen MR) is 110 cm³/mol. The van der Waals surface area contributed by atoms with Gasteiger partial charge in [-0.1, -0.05) is 60.3 Å². The number of hydrogen-bond acceptors (Lipinski definition) is 5. The SMILES string of the molecule is O=C1C2Sc3[nH]c(=S)sc3C(c3ccccc3)C2C(=O)N1c1ccccc1. The second kappa shape index (κ2) is 6.44. The van der Waals surface area contributed by atoms with Crippen molar-refractivity contribution in [2.75, 3.05) is 4.90 Å². The van der Waals surface area contributed by atoms with E-state index in [2.05, 4.69) is 4.98 Å². The van der Waals surface area contributed by atoms with Crippen LogP contribution in [0, 0.1) is 9.87 Å². The average molecular weight is 411 g/mol. The molecule has 5 rings (SSSR count). The van der Waals surface area contributed by atoms with E-state index in [1.807, 2.05) is 48.5 Å². The van der Waals surface area contributed by atoms with E-state index in [1.54, 1.807) is 12.1 Å². The minimum atomic E-state index is -0.448. The van der Waals surface area contributed by atoms with Crippen LogP contribution in [0.3, 0.4) is 0 Å². The molecule has 7 heteroatoms. The van der Waals surface area contributed by atoms with Crippen LogP contribution in [0.1, 0.15) is 16.4 Å². The molecule has 2 aliphatic heterocycles. The number of anilines is 1. The van der Waals surface area contributed by atoms with Gasteiger partial charge in [0.15, 0.2) is 3.95 Å². The summed E-state index contributed by atoms with van der Waals surface area (Å²) < 4.78 is 0.674. The highest BCUT2D eigenvalue weighted by molar-refractivity contribution is 8.01. The second-order valence-corrected chi connectivity index (χ2v) is 9.38. The second-order valence-electron chi connectivity index (χ2n) is 6.51. The molecule has 0 aliphatic carbocycles. The molecule has 3 atom stereocenters. The lowest BCUT2D eigenvalue weighted by atomic mass is 9.83. The molecule has 0 spiro atoms. The van der Waals surface area contributed by atoms with Crippen LogP contribution in [0.25, 0.3) is 0 Å². The van der Waals surface area contributed by atoms with Gasteiger partial charge in [-0.25, -0.2) is 4.90 Å². The molecule has 4 nitrogen and oxygen atoms in total. The zero-order chi connectivity index (χ0) is 18.5. The lowest BCUT2D eigenvalue weighted by molar-refractivity contribution is -0.122. The number of thioether (sulfide) groups is 1. The maximum Gasteiger partial charge on any atom is 0.248 e. The van der Waals surface area contributed by atoms with E-state index in [0.29, 0.717) is 9.64 Å². The highest BCUT2D eigenvalue weighted by Crippen LogP contribution is 2.53. The lowest BCUT2D eigenvalue weighted by Gasteiger charge is -2.29. The first-order valence-corrected chi connectivity index (χ1v) is 10.6. The first-order chi connectivity index (χ1) is 13.1. The Kier molecular flexibility index (Phi) is 4.03. The maximum absolute atomic E-state index is 13.4. The van der Waals surface area contributed by atoms with Crippen molar-refractivity contribution in [1.29, 1.82) is 0 Å². The summed E-state index contributed by atoms with van der Waals surface area (Å²) in [6.45, 7) is 0. The van der Waals surface area contributed by atoms with Crippen molar-refractivity contribution < 1.29 is 9.59 Å². The predicted octanol–water partition coefficient (Wildman–Crippen LogP) is 4.60. The largest absolute Gasteiger partial charge is 0.332 e. The molecule has 3 unspecified atom stereocenters. The number of para-hydroxylation sites is 1. The highest BCUT2D eigenvalue weighted by atomic mass is 32.2. The van der Waals surface area contributed by atoms with Gasteiger partial charge in [0.1, 0.15) is 5.25 Å². The van der Waals surface area contributed by atoms with Crippen LogP contribution >= 0.6 is 35.3 Å². The minimum absolute atomic E-state index is 0.137. The molecule has 3 aromatic rings. The lowest BCUT2D eigenvalue weighted by Crippen LogP contribution is -2.32. The number of nitrogens with one attached hydrogen (secondary N) is 1. The number of thiazole rings is 1. The molecule has 1 saturated heterocycles. The van der Waals surface area contributed by atoms with E-state index in [9.17, 15) is 9.59 Å². The van der Waals surface area contributed by atoms with E-state index in [1.165, 1.54) is 28.0 Å². The number of benzene rings is 2. The van der Waals surface area contributed by atoms with Crippen LogP contribution in [0.5, 0.6) is 0 Å². The third-order valence-corrected chi connectivity index (χ3v) is 7.75. The van der Waals surface area contributed by atoms with Gasteiger partial charge in [-0.2, -0.15) is 0 Å². The van der Waals surface area contributed by atoms with E-state index >= 15 is 0 Å². The number of rotatable bonds is 2. The van der Waals surface area contributed by atoms with Gasteiger partial charge in [-0.05, 0) is 29.9 Å². The molecular weight excluding hydrogens is 396 g/mol. The standard InChI is InChI=1S/C20H14N2O2S3/c23-18-14-13(11-7-3-1-4-8-11)15-17(21-20(25)27-15)26-16(14)19(24)22(18)12-9-5-2-6-10-12/h1-10,13-14,16H,(H,21,25). The summed E-state index contributed by atoms with van der Waals surface area (Å²) in [7, 11) is 0. The van der Waals surface area contributed by atoms with Crippen molar-refractivity contribution in [1.82, 2.24) is 4.98 Å². The fourth-order valence-corrected chi connectivity index (χ4v) is 6.83. The number of amides is 2. The van der Waals surface area contributed by atoms with Crippen LogP contribution in [0.4, 0.5) is 5.69 Å². The zero-order valence-electron chi connectivity index (χ0n) is 14.0. The fraction of sp³-hybridized carbons (Fsp3) is 0.150. The molecule has 0 saturated carbocycles. The van der Waals surface area contributed by atoms with E-state index in [-0.39, 0.29) is 17.7 Å². The molecular formula is C20H14N2O2S3.